The van der Waals surface area contributed by atoms with Crippen LogP contribution in [0.1, 0.15) is 46.0 Å². The number of carbonyl (C=O) groups excluding carboxylic acids is 4. The van der Waals surface area contributed by atoms with E-state index in [4.69, 9.17) is 10.00 Å². The molecule has 0 aliphatic rings. The molecule has 0 bridgehead atoms. The second-order valence-corrected chi connectivity index (χ2v) is 6.74. The Hall–Kier alpha value is -3.99. The molecule has 0 atom stereocenters. The highest BCUT2D eigenvalue weighted by Crippen LogP contribution is 2.12. The molecule has 160 valence electrons. The summed E-state index contributed by atoms with van der Waals surface area (Å²) < 4.78 is 5.08. The third kappa shape index (κ3) is 8.11. The van der Waals surface area contributed by atoms with Crippen LogP contribution in [0, 0.1) is 11.3 Å². The smallest absolute Gasteiger partial charge is 0.338 e. The van der Waals surface area contributed by atoms with E-state index in [1.165, 1.54) is 31.2 Å². The lowest BCUT2D eigenvalue weighted by atomic mass is 10.1. The highest BCUT2D eigenvalue weighted by molar-refractivity contribution is 5.99. The molecule has 0 radical (unpaired) electrons. The highest BCUT2D eigenvalue weighted by atomic mass is 16.5. The Kier molecular flexibility index (Phi) is 8.92. The second kappa shape index (κ2) is 11.9. The van der Waals surface area contributed by atoms with Gasteiger partial charge in [-0.1, -0.05) is 24.3 Å². The average molecular weight is 421 g/mol. The minimum atomic E-state index is -0.655. The Labute approximate surface area is 180 Å². The van der Waals surface area contributed by atoms with E-state index in [2.05, 4.69) is 10.6 Å². The number of benzene rings is 2. The molecular formula is C23H23N3O5. The number of anilines is 1. The number of hydrogen-bond donors (Lipinski definition) is 2. The van der Waals surface area contributed by atoms with Crippen LogP contribution in [0.5, 0.6) is 0 Å². The van der Waals surface area contributed by atoms with Crippen molar-refractivity contribution in [3.05, 3.63) is 65.2 Å². The van der Waals surface area contributed by atoms with Gasteiger partial charge in [-0.15, -0.1) is 0 Å². The number of aryl methyl sites for hydroxylation is 1. The normalized spacial score (nSPS) is 9.94. The van der Waals surface area contributed by atoms with Crippen LogP contribution >= 0.6 is 0 Å². The first-order valence-corrected chi connectivity index (χ1v) is 9.69. The number of Topliss-reactive ketones (excluding diaryl/α,β-unsaturated/α-hetero) is 1. The molecule has 0 fully saturated rings. The Morgan fingerprint density at radius 1 is 0.968 bits per heavy atom. The standard InChI is InChI=1S/C23H23N3O5/c1-16(27)25-14-2-3-17-4-6-18(7-5-17)21(28)15-31-23(30)19-8-10-20(11-9-19)26-22(29)12-13-24/h4-11H,2-3,12,14-15H2,1H3,(H,25,27)(H,26,29). The Morgan fingerprint density at radius 3 is 2.23 bits per heavy atom. The fraction of sp³-hybridized carbons (Fsp3) is 0.261. The fourth-order valence-electron chi connectivity index (χ4n) is 2.68. The van der Waals surface area contributed by atoms with Gasteiger partial charge in [0.05, 0.1) is 11.6 Å². The van der Waals surface area contributed by atoms with Gasteiger partial charge in [0.2, 0.25) is 11.8 Å². The quantitative estimate of drug-likeness (QED) is 0.345. The highest BCUT2D eigenvalue weighted by Gasteiger charge is 2.12. The van der Waals surface area contributed by atoms with Gasteiger partial charge < -0.3 is 15.4 Å². The number of rotatable bonds is 10. The molecule has 0 heterocycles. The third-order valence-electron chi connectivity index (χ3n) is 4.27. The summed E-state index contributed by atoms with van der Waals surface area (Å²) in [6.07, 6.45) is 1.31. The van der Waals surface area contributed by atoms with Crippen molar-refractivity contribution in [1.29, 1.82) is 5.26 Å². The average Bonchev–Trinajstić information content (AvgIpc) is 2.76. The molecule has 2 aromatic rings. The lowest BCUT2D eigenvalue weighted by Gasteiger charge is -2.07. The van der Waals surface area contributed by atoms with Crippen LogP contribution in [0.3, 0.4) is 0 Å². The van der Waals surface area contributed by atoms with Gasteiger partial charge >= 0.3 is 5.97 Å². The zero-order valence-corrected chi connectivity index (χ0v) is 17.1. The van der Waals surface area contributed by atoms with E-state index in [1.807, 2.05) is 12.1 Å². The molecule has 2 aromatic carbocycles. The summed E-state index contributed by atoms with van der Waals surface area (Å²) in [4.78, 5) is 46.6. The maximum absolute atomic E-state index is 12.3. The predicted octanol–water partition coefficient (Wildman–Crippen LogP) is 2.65. The van der Waals surface area contributed by atoms with E-state index in [-0.39, 0.29) is 30.3 Å². The summed E-state index contributed by atoms with van der Waals surface area (Å²) in [5.41, 5.74) is 2.17. The van der Waals surface area contributed by atoms with Gasteiger partial charge in [0.1, 0.15) is 6.42 Å². The molecule has 0 saturated heterocycles. The van der Waals surface area contributed by atoms with Crippen molar-refractivity contribution in [2.24, 2.45) is 0 Å². The lowest BCUT2D eigenvalue weighted by Crippen LogP contribution is -2.21. The number of hydrogen-bond acceptors (Lipinski definition) is 6. The lowest BCUT2D eigenvalue weighted by molar-refractivity contribution is -0.119. The third-order valence-corrected chi connectivity index (χ3v) is 4.27. The maximum atomic E-state index is 12.3. The zero-order valence-electron chi connectivity index (χ0n) is 17.1. The number of carbonyl (C=O) groups is 4. The van der Waals surface area contributed by atoms with E-state index >= 15 is 0 Å². The summed E-state index contributed by atoms with van der Waals surface area (Å²) in [5, 5.41) is 13.7. The summed E-state index contributed by atoms with van der Waals surface area (Å²) >= 11 is 0. The van der Waals surface area contributed by atoms with E-state index < -0.39 is 11.9 Å². The molecule has 0 aliphatic carbocycles. The van der Waals surface area contributed by atoms with Gasteiger partial charge in [-0.3, -0.25) is 14.4 Å². The van der Waals surface area contributed by atoms with Crippen molar-refractivity contribution < 1.29 is 23.9 Å². The molecule has 0 unspecified atom stereocenters. The minimum Gasteiger partial charge on any atom is -0.454 e. The van der Waals surface area contributed by atoms with Gasteiger partial charge in [-0.25, -0.2) is 4.79 Å². The largest absolute Gasteiger partial charge is 0.454 e. The van der Waals surface area contributed by atoms with Crippen LogP contribution in [-0.2, 0) is 20.7 Å². The van der Waals surface area contributed by atoms with Crippen LogP contribution in [0.4, 0.5) is 5.69 Å². The zero-order chi connectivity index (χ0) is 22.6. The Morgan fingerprint density at radius 2 is 1.61 bits per heavy atom. The van der Waals surface area contributed by atoms with Gasteiger partial charge in [0.15, 0.2) is 12.4 Å². The summed E-state index contributed by atoms with van der Waals surface area (Å²) in [7, 11) is 0. The fourth-order valence-corrected chi connectivity index (χ4v) is 2.68. The first kappa shape index (κ1) is 23.3. The Bertz CT molecular complexity index is 976. The van der Waals surface area contributed by atoms with Gasteiger partial charge in [-0.2, -0.15) is 5.26 Å². The van der Waals surface area contributed by atoms with Crippen molar-refractivity contribution in [3.8, 4) is 6.07 Å². The molecule has 2 N–H and O–H groups in total. The molecular weight excluding hydrogens is 398 g/mol. The number of nitriles is 1. The monoisotopic (exact) mass is 421 g/mol. The van der Waals surface area contributed by atoms with Crippen LogP contribution in [0.25, 0.3) is 0 Å². The van der Waals surface area contributed by atoms with Crippen LogP contribution < -0.4 is 10.6 Å². The van der Waals surface area contributed by atoms with E-state index in [1.54, 1.807) is 18.2 Å². The molecule has 31 heavy (non-hydrogen) atoms. The SMILES string of the molecule is CC(=O)NCCCc1ccc(C(=O)COC(=O)c2ccc(NC(=O)CC#N)cc2)cc1. The summed E-state index contributed by atoms with van der Waals surface area (Å²) in [6, 6.07) is 14.7. The topological polar surface area (TPSA) is 125 Å². The van der Waals surface area contributed by atoms with E-state index in [9.17, 15) is 19.2 Å². The Balaban J connectivity index is 1.81. The van der Waals surface area contributed by atoms with E-state index in [0.29, 0.717) is 17.8 Å². The molecule has 2 rings (SSSR count). The first-order chi connectivity index (χ1) is 14.9. The molecule has 8 nitrogen and oxygen atoms in total. The van der Waals surface area contributed by atoms with Gasteiger partial charge in [0.25, 0.3) is 0 Å². The number of ketones is 1. The molecule has 0 aromatic heterocycles. The number of nitrogens with one attached hydrogen (secondary N) is 2. The molecule has 0 spiro atoms. The number of esters is 1. The maximum Gasteiger partial charge on any atom is 0.338 e. The van der Waals surface area contributed by atoms with Crippen LogP contribution in [0.15, 0.2) is 48.5 Å². The first-order valence-electron chi connectivity index (χ1n) is 9.69. The van der Waals surface area contributed by atoms with Crippen LogP contribution in [-0.4, -0.2) is 36.7 Å². The molecule has 0 saturated carbocycles. The number of nitrogens with zero attached hydrogens (tertiary/aromatic N) is 1. The second-order valence-electron chi connectivity index (χ2n) is 6.74. The van der Waals surface area contributed by atoms with E-state index in [0.717, 1.165) is 18.4 Å². The molecule has 2 amide bonds. The van der Waals surface area contributed by atoms with Crippen LogP contribution in [0.2, 0.25) is 0 Å². The van der Waals surface area contributed by atoms with Crippen molar-refractivity contribution in [3.63, 3.8) is 0 Å². The number of amides is 2. The number of ether oxygens (including phenoxy) is 1. The van der Waals surface area contributed by atoms with Gasteiger partial charge in [0, 0.05) is 24.7 Å². The summed E-state index contributed by atoms with van der Waals surface area (Å²) in [6.45, 7) is 1.68. The van der Waals surface area contributed by atoms with Crippen molar-refractivity contribution in [2.75, 3.05) is 18.5 Å². The van der Waals surface area contributed by atoms with Crippen molar-refractivity contribution in [1.82, 2.24) is 5.32 Å². The van der Waals surface area contributed by atoms with Crippen molar-refractivity contribution >= 4 is 29.3 Å². The predicted molar refractivity (Wildman–Crippen MR) is 113 cm³/mol. The van der Waals surface area contributed by atoms with Crippen molar-refractivity contribution in [2.45, 2.75) is 26.2 Å². The molecule has 0 aliphatic heterocycles. The summed E-state index contributed by atoms with van der Waals surface area (Å²) in [5.74, 6) is -1.48. The molecule has 8 heteroatoms. The minimum absolute atomic E-state index is 0.0613. The van der Waals surface area contributed by atoms with Gasteiger partial charge in [-0.05, 0) is 42.7 Å².